The minimum atomic E-state index is -0.0834. The van der Waals surface area contributed by atoms with Crippen molar-refractivity contribution < 1.29 is 9.21 Å². The monoisotopic (exact) mass is 154 g/mol. The van der Waals surface area contributed by atoms with Gasteiger partial charge in [0.2, 0.25) is 5.91 Å². The molecule has 0 atom stereocenters. The van der Waals surface area contributed by atoms with Crippen molar-refractivity contribution in [3.63, 3.8) is 0 Å². The van der Waals surface area contributed by atoms with Gasteiger partial charge in [0, 0.05) is 13.0 Å². The van der Waals surface area contributed by atoms with Crippen LogP contribution in [0.25, 0.3) is 0 Å². The summed E-state index contributed by atoms with van der Waals surface area (Å²) in [5.74, 6) is 0.947. The van der Waals surface area contributed by atoms with E-state index >= 15 is 0 Å². The van der Waals surface area contributed by atoms with Crippen molar-refractivity contribution in [3.05, 3.63) is 17.9 Å². The van der Waals surface area contributed by atoms with Gasteiger partial charge in [-0.25, -0.2) is 0 Å². The summed E-state index contributed by atoms with van der Waals surface area (Å²) in [5.41, 5.74) is 5.31. The molecule has 0 spiro atoms. The number of rotatable bonds is 2. The van der Waals surface area contributed by atoms with Gasteiger partial charge in [0.1, 0.15) is 5.76 Å². The fourth-order valence-corrected chi connectivity index (χ4v) is 0.701. The summed E-state index contributed by atoms with van der Waals surface area (Å²) >= 11 is 0. The molecule has 3 N–H and O–H groups in total. The predicted molar refractivity (Wildman–Crippen MR) is 40.6 cm³/mol. The van der Waals surface area contributed by atoms with E-state index in [9.17, 15) is 4.79 Å². The molecule has 0 aliphatic rings. The second kappa shape index (κ2) is 3.09. The SMILES string of the molecule is CC(=O)NCc1ccc(N)o1. The van der Waals surface area contributed by atoms with Crippen LogP contribution < -0.4 is 11.1 Å². The van der Waals surface area contributed by atoms with Crippen LogP contribution in [-0.2, 0) is 11.3 Å². The Balaban J connectivity index is 2.45. The summed E-state index contributed by atoms with van der Waals surface area (Å²) in [6, 6.07) is 3.38. The van der Waals surface area contributed by atoms with Crippen LogP contribution in [0.4, 0.5) is 5.88 Å². The molecule has 0 aliphatic carbocycles. The molecule has 60 valence electrons. The lowest BCUT2D eigenvalue weighted by molar-refractivity contribution is -0.119. The lowest BCUT2D eigenvalue weighted by atomic mass is 10.4. The number of amides is 1. The summed E-state index contributed by atoms with van der Waals surface area (Å²) < 4.78 is 5.00. The molecule has 1 aromatic heterocycles. The Morgan fingerprint density at radius 2 is 2.45 bits per heavy atom. The summed E-state index contributed by atoms with van der Waals surface area (Å²) in [4.78, 5) is 10.4. The zero-order valence-corrected chi connectivity index (χ0v) is 6.26. The topological polar surface area (TPSA) is 68.3 Å². The highest BCUT2D eigenvalue weighted by Crippen LogP contribution is 2.07. The Morgan fingerprint density at radius 3 is 2.91 bits per heavy atom. The van der Waals surface area contributed by atoms with Crippen LogP contribution in [0, 0.1) is 0 Å². The lowest BCUT2D eigenvalue weighted by Crippen LogP contribution is -2.18. The number of nitrogens with two attached hydrogens (primary N) is 1. The van der Waals surface area contributed by atoms with Gasteiger partial charge in [-0.2, -0.15) is 0 Å². The van der Waals surface area contributed by atoms with Crippen LogP contribution in [0.3, 0.4) is 0 Å². The minimum absolute atomic E-state index is 0.0834. The maximum Gasteiger partial charge on any atom is 0.217 e. The maximum absolute atomic E-state index is 10.4. The van der Waals surface area contributed by atoms with Crippen LogP contribution in [0.15, 0.2) is 16.5 Å². The van der Waals surface area contributed by atoms with Crippen molar-refractivity contribution in [2.24, 2.45) is 0 Å². The first-order chi connectivity index (χ1) is 5.18. The molecule has 0 saturated heterocycles. The van der Waals surface area contributed by atoms with E-state index in [2.05, 4.69) is 5.32 Å². The van der Waals surface area contributed by atoms with Crippen molar-refractivity contribution in [1.82, 2.24) is 5.32 Å². The number of nitrogen functional groups attached to an aromatic ring is 1. The molecule has 1 heterocycles. The smallest absolute Gasteiger partial charge is 0.217 e. The van der Waals surface area contributed by atoms with Crippen molar-refractivity contribution in [2.75, 3.05) is 5.73 Å². The third kappa shape index (κ3) is 2.33. The number of hydrogen-bond donors (Lipinski definition) is 2. The van der Waals surface area contributed by atoms with E-state index in [0.717, 1.165) is 0 Å². The quantitative estimate of drug-likeness (QED) is 0.651. The fourth-order valence-electron chi connectivity index (χ4n) is 0.701. The first-order valence-corrected chi connectivity index (χ1v) is 3.27. The lowest BCUT2D eigenvalue weighted by Gasteiger charge is -1.96. The average Bonchev–Trinajstić information content (AvgIpc) is 2.31. The molecule has 0 bridgehead atoms. The molecule has 0 unspecified atom stereocenters. The first kappa shape index (κ1) is 7.65. The van der Waals surface area contributed by atoms with Crippen molar-refractivity contribution in [3.8, 4) is 0 Å². The molecule has 11 heavy (non-hydrogen) atoms. The van der Waals surface area contributed by atoms with E-state index in [1.807, 2.05) is 0 Å². The Kier molecular flexibility index (Phi) is 2.15. The highest BCUT2D eigenvalue weighted by Gasteiger charge is 1.98. The molecule has 4 nitrogen and oxygen atoms in total. The molecule has 1 amide bonds. The molecular weight excluding hydrogens is 144 g/mol. The van der Waals surface area contributed by atoms with E-state index in [-0.39, 0.29) is 5.91 Å². The van der Waals surface area contributed by atoms with Gasteiger partial charge in [-0.05, 0) is 6.07 Å². The summed E-state index contributed by atoms with van der Waals surface area (Å²) in [5, 5.41) is 2.59. The van der Waals surface area contributed by atoms with Gasteiger partial charge in [0.25, 0.3) is 0 Å². The molecule has 1 aromatic rings. The molecule has 0 fully saturated rings. The third-order valence-corrected chi connectivity index (χ3v) is 1.19. The number of nitrogens with one attached hydrogen (secondary N) is 1. The van der Waals surface area contributed by atoms with Crippen LogP contribution in [0.5, 0.6) is 0 Å². The van der Waals surface area contributed by atoms with Gasteiger partial charge in [-0.3, -0.25) is 4.79 Å². The van der Waals surface area contributed by atoms with Crippen LogP contribution >= 0.6 is 0 Å². The highest BCUT2D eigenvalue weighted by molar-refractivity contribution is 5.72. The summed E-state index contributed by atoms with van der Waals surface area (Å²) in [6.45, 7) is 1.85. The average molecular weight is 154 g/mol. The van der Waals surface area contributed by atoms with E-state index in [4.69, 9.17) is 10.2 Å². The van der Waals surface area contributed by atoms with Crippen molar-refractivity contribution in [2.45, 2.75) is 13.5 Å². The molecule has 1 rings (SSSR count). The number of carbonyl (C=O) groups excluding carboxylic acids is 1. The van der Waals surface area contributed by atoms with Crippen LogP contribution in [0.1, 0.15) is 12.7 Å². The summed E-state index contributed by atoms with van der Waals surface area (Å²) in [6.07, 6.45) is 0. The number of anilines is 1. The Labute approximate surface area is 64.4 Å². The normalized spacial score (nSPS) is 9.55. The van der Waals surface area contributed by atoms with Gasteiger partial charge in [0.15, 0.2) is 5.88 Å². The van der Waals surface area contributed by atoms with Crippen LogP contribution in [-0.4, -0.2) is 5.91 Å². The van der Waals surface area contributed by atoms with E-state index < -0.39 is 0 Å². The molecule has 0 saturated carbocycles. The minimum Gasteiger partial charge on any atom is -0.444 e. The molecule has 0 aromatic carbocycles. The number of furan rings is 1. The zero-order chi connectivity index (χ0) is 8.27. The molecule has 4 heteroatoms. The Bertz CT molecular complexity index is 255. The van der Waals surface area contributed by atoms with Gasteiger partial charge in [-0.1, -0.05) is 0 Å². The van der Waals surface area contributed by atoms with Gasteiger partial charge in [0.05, 0.1) is 6.54 Å². The summed E-state index contributed by atoms with van der Waals surface area (Å²) in [7, 11) is 0. The van der Waals surface area contributed by atoms with Gasteiger partial charge < -0.3 is 15.5 Å². The Morgan fingerprint density at radius 1 is 1.73 bits per heavy atom. The largest absolute Gasteiger partial charge is 0.444 e. The molecule has 0 aliphatic heterocycles. The maximum atomic E-state index is 10.4. The van der Waals surface area contributed by atoms with Crippen molar-refractivity contribution >= 4 is 11.8 Å². The van der Waals surface area contributed by atoms with Gasteiger partial charge in [-0.15, -0.1) is 0 Å². The Hall–Kier alpha value is -1.45. The molecular formula is C7H10N2O2. The first-order valence-electron chi connectivity index (χ1n) is 3.27. The van der Waals surface area contributed by atoms with Gasteiger partial charge >= 0.3 is 0 Å². The van der Waals surface area contributed by atoms with E-state index in [1.165, 1.54) is 6.92 Å². The second-order valence-electron chi connectivity index (χ2n) is 2.21. The highest BCUT2D eigenvalue weighted by atomic mass is 16.4. The van der Waals surface area contributed by atoms with E-state index in [1.54, 1.807) is 12.1 Å². The van der Waals surface area contributed by atoms with Crippen LogP contribution in [0.2, 0.25) is 0 Å². The van der Waals surface area contributed by atoms with Crippen molar-refractivity contribution in [1.29, 1.82) is 0 Å². The third-order valence-electron chi connectivity index (χ3n) is 1.19. The zero-order valence-electron chi connectivity index (χ0n) is 6.26. The van der Waals surface area contributed by atoms with E-state index in [0.29, 0.717) is 18.2 Å². The number of carbonyl (C=O) groups is 1. The number of hydrogen-bond acceptors (Lipinski definition) is 3. The second-order valence-corrected chi connectivity index (χ2v) is 2.21. The standard InChI is InChI=1S/C7H10N2O2/c1-5(10)9-4-6-2-3-7(8)11-6/h2-3H,4,8H2,1H3,(H,9,10). The molecule has 0 radical (unpaired) electrons. The predicted octanol–water partition coefficient (Wildman–Crippen LogP) is 0.498. The fraction of sp³-hybridized carbons (Fsp3) is 0.286.